The number of rotatable bonds is 5. The number of nitrogens with zero attached hydrogens (tertiary/aromatic N) is 1. The van der Waals surface area contributed by atoms with Gasteiger partial charge in [-0.1, -0.05) is 25.0 Å². The second kappa shape index (κ2) is 7.48. The summed E-state index contributed by atoms with van der Waals surface area (Å²) >= 11 is 0. The highest BCUT2D eigenvalue weighted by Gasteiger charge is 2.42. The molecule has 140 valence electrons. The Hall–Kier alpha value is -2.37. The zero-order valence-electron chi connectivity index (χ0n) is 15.2. The topological polar surface area (TPSA) is 86.7 Å². The van der Waals surface area contributed by atoms with Crippen molar-refractivity contribution < 1.29 is 19.5 Å². The predicted octanol–water partition coefficient (Wildman–Crippen LogP) is 2.57. The van der Waals surface area contributed by atoms with E-state index in [9.17, 15) is 19.5 Å². The minimum absolute atomic E-state index is 0.178. The molecular formula is C20H26N2O4. The molecule has 2 unspecified atom stereocenters. The van der Waals surface area contributed by atoms with Crippen molar-refractivity contribution in [2.24, 2.45) is 5.92 Å². The van der Waals surface area contributed by atoms with Crippen LogP contribution in [0.2, 0.25) is 0 Å². The van der Waals surface area contributed by atoms with E-state index < -0.39 is 17.4 Å². The number of carboxylic acids is 1. The van der Waals surface area contributed by atoms with Crippen LogP contribution in [0.5, 0.6) is 0 Å². The summed E-state index contributed by atoms with van der Waals surface area (Å²) in [6.07, 6.45) is 4.59. The molecule has 1 aliphatic carbocycles. The van der Waals surface area contributed by atoms with Gasteiger partial charge >= 0.3 is 5.97 Å². The van der Waals surface area contributed by atoms with E-state index in [1.165, 1.54) is 0 Å². The van der Waals surface area contributed by atoms with Crippen LogP contribution in [0.4, 0.5) is 0 Å². The number of hydrogen-bond donors (Lipinski definition) is 2. The highest BCUT2D eigenvalue weighted by molar-refractivity contribution is 5.95. The summed E-state index contributed by atoms with van der Waals surface area (Å²) in [5.41, 5.74) is 0.781. The Kier molecular flexibility index (Phi) is 5.30. The highest BCUT2D eigenvalue weighted by atomic mass is 16.4. The Morgan fingerprint density at radius 1 is 1.23 bits per heavy atom. The maximum atomic E-state index is 12.6. The fourth-order valence-electron chi connectivity index (χ4n) is 4.06. The number of carbonyl (C=O) groups is 3. The molecular weight excluding hydrogens is 332 g/mol. The zero-order valence-corrected chi connectivity index (χ0v) is 15.2. The van der Waals surface area contributed by atoms with Crippen molar-refractivity contribution in [2.45, 2.75) is 57.5 Å². The molecule has 26 heavy (non-hydrogen) atoms. The average Bonchev–Trinajstić information content (AvgIpc) is 3.00. The van der Waals surface area contributed by atoms with Crippen molar-refractivity contribution in [1.82, 2.24) is 10.2 Å². The molecule has 1 aromatic rings. The van der Waals surface area contributed by atoms with Crippen molar-refractivity contribution >= 4 is 17.8 Å². The lowest BCUT2D eigenvalue weighted by atomic mass is 9.73. The lowest BCUT2D eigenvalue weighted by molar-refractivity contribution is -0.145. The van der Waals surface area contributed by atoms with Crippen LogP contribution in [-0.2, 0) is 16.1 Å². The van der Waals surface area contributed by atoms with Gasteiger partial charge in [0.2, 0.25) is 5.91 Å². The zero-order chi connectivity index (χ0) is 18.7. The molecule has 1 heterocycles. The number of hydrogen-bond acceptors (Lipinski definition) is 3. The Balaban J connectivity index is 1.65. The van der Waals surface area contributed by atoms with Gasteiger partial charge in [-0.2, -0.15) is 0 Å². The number of benzene rings is 1. The molecule has 2 atom stereocenters. The maximum Gasteiger partial charge on any atom is 0.308 e. The van der Waals surface area contributed by atoms with Crippen LogP contribution in [0.1, 0.15) is 61.4 Å². The van der Waals surface area contributed by atoms with Gasteiger partial charge in [0.1, 0.15) is 0 Å². The molecule has 0 bridgehead atoms. The third-order valence-corrected chi connectivity index (χ3v) is 5.67. The van der Waals surface area contributed by atoms with E-state index in [1.807, 2.05) is 24.0 Å². The average molecular weight is 358 g/mol. The first-order chi connectivity index (χ1) is 12.4. The van der Waals surface area contributed by atoms with Crippen LogP contribution in [0.15, 0.2) is 24.3 Å². The van der Waals surface area contributed by atoms with Crippen LogP contribution >= 0.6 is 0 Å². The molecule has 2 aliphatic rings. The molecule has 2 fully saturated rings. The van der Waals surface area contributed by atoms with Crippen LogP contribution in [-0.4, -0.2) is 39.9 Å². The first-order valence-electron chi connectivity index (χ1n) is 9.31. The minimum Gasteiger partial charge on any atom is -0.481 e. The van der Waals surface area contributed by atoms with Crippen LogP contribution in [0, 0.1) is 5.92 Å². The first-order valence-corrected chi connectivity index (χ1v) is 9.31. The number of carboxylic acid groups (broad SMARTS) is 1. The SMILES string of the molecule is CC1(NC(=O)c2ccc(CN3CCCC3=O)cc2)CCCCC1C(=O)O. The van der Waals surface area contributed by atoms with Crippen molar-refractivity contribution in [3.05, 3.63) is 35.4 Å². The normalized spacial score (nSPS) is 26.0. The molecule has 3 rings (SSSR count). The van der Waals surface area contributed by atoms with E-state index in [-0.39, 0.29) is 11.8 Å². The Morgan fingerprint density at radius 3 is 2.58 bits per heavy atom. The van der Waals surface area contributed by atoms with E-state index in [0.717, 1.165) is 31.4 Å². The van der Waals surface area contributed by atoms with Gasteiger partial charge < -0.3 is 15.3 Å². The van der Waals surface area contributed by atoms with Crippen molar-refractivity contribution in [2.75, 3.05) is 6.54 Å². The van der Waals surface area contributed by atoms with Crippen molar-refractivity contribution in [1.29, 1.82) is 0 Å². The van der Waals surface area contributed by atoms with E-state index in [4.69, 9.17) is 0 Å². The number of aliphatic carboxylic acids is 1. The molecule has 0 radical (unpaired) electrons. The number of likely N-dealkylation sites (tertiary alicyclic amines) is 1. The fourth-order valence-corrected chi connectivity index (χ4v) is 4.06. The molecule has 2 N–H and O–H groups in total. The highest BCUT2D eigenvalue weighted by Crippen LogP contribution is 2.34. The van der Waals surface area contributed by atoms with Crippen molar-refractivity contribution in [3.63, 3.8) is 0 Å². The van der Waals surface area contributed by atoms with E-state index in [0.29, 0.717) is 31.4 Å². The first kappa shape index (κ1) is 18.4. The molecule has 1 saturated carbocycles. The molecule has 6 nitrogen and oxygen atoms in total. The number of nitrogens with one attached hydrogen (secondary N) is 1. The van der Waals surface area contributed by atoms with Gasteiger partial charge in [0, 0.05) is 25.1 Å². The second-order valence-corrected chi connectivity index (χ2v) is 7.62. The predicted molar refractivity (Wildman–Crippen MR) is 96.6 cm³/mol. The van der Waals surface area contributed by atoms with Gasteiger partial charge in [0.05, 0.1) is 11.5 Å². The quantitative estimate of drug-likeness (QED) is 0.847. The Morgan fingerprint density at radius 2 is 1.96 bits per heavy atom. The van der Waals surface area contributed by atoms with Gasteiger partial charge in [-0.15, -0.1) is 0 Å². The molecule has 1 aliphatic heterocycles. The summed E-state index contributed by atoms with van der Waals surface area (Å²) in [6, 6.07) is 7.21. The monoisotopic (exact) mass is 358 g/mol. The van der Waals surface area contributed by atoms with Gasteiger partial charge in [0.25, 0.3) is 5.91 Å². The third kappa shape index (κ3) is 3.89. The fraction of sp³-hybridized carbons (Fsp3) is 0.550. The summed E-state index contributed by atoms with van der Waals surface area (Å²) in [5.74, 6) is -1.47. The molecule has 6 heteroatoms. The molecule has 2 amide bonds. The second-order valence-electron chi connectivity index (χ2n) is 7.62. The lowest BCUT2D eigenvalue weighted by Crippen LogP contribution is -2.55. The van der Waals surface area contributed by atoms with Gasteiger partial charge in [0.15, 0.2) is 0 Å². The lowest BCUT2D eigenvalue weighted by Gasteiger charge is -2.39. The Bertz CT molecular complexity index is 700. The van der Waals surface area contributed by atoms with Gasteiger partial charge in [-0.25, -0.2) is 0 Å². The standard InChI is InChI=1S/C20H26N2O4/c1-20(11-3-2-5-16(20)19(25)26)21-18(24)15-9-7-14(8-10-15)13-22-12-4-6-17(22)23/h7-10,16H,2-6,11-13H2,1H3,(H,21,24)(H,25,26). The number of carbonyl (C=O) groups excluding carboxylic acids is 2. The largest absolute Gasteiger partial charge is 0.481 e. The maximum absolute atomic E-state index is 12.6. The van der Waals surface area contributed by atoms with Gasteiger partial charge in [-0.3, -0.25) is 14.4 Å². The summed E-state index contributed by atoms with van der Waals surface area (Å²) in [5, 5.41) is 12.4. The Labute approximate surface area is 153 Å². The number of amides is 2. The van der Waals surface area contributed by atoms with E-state index in [2.05, 4.69) is 5.32 Å². The molecule has 0 aromatic heterocycles. The van der Waals surface area contributed by atoms with Gasteiger partial charge in [-0.05, 0) is 43.9 Å². The van der Waals surface area contributed by atoms with E-state index in [1.54, 1.807) is 12.1 Å². The minimum atomic E-state index is -0.849. The smallest absolute Gasteiger partial charge is 0.308 e. The summed E-state index contributed by atoms with van der Waals surface area (Å²) < 4.78 is 0. The summed E-state index contributed by atoms with van der Waals surface area (Å²) in [6.45, 7) is 3.19. The van der Waals surface area contributed by atoms with Crippen LogP contribution in [0.3, 0.4) is 0 Å². The third-order valence-electron chi connectivity index (χ3n) is 5.67. The molecule has 1 saturated heterocycles. The molecule has 1 aromatic carbocycles. The molecule has 0 spiro atoms. The summed E-state index contributed by atoms with van der Waals surface area (Å²) in [4.78, 5) is 37.7. The van der Waals surface area contributed by atoms with Crippen molar-refractivity contribution in [3.8, 4) is 0 Å². The van der Waals surface area contributed by atoms with Crippen LogP contribution in [0.25, 0.3) is 0 Å². The van der Waals surface area contributed by atoms with Crippen LogP contribution < -0.4 is 5.32 Å². The summed E-state index contributed by atoms with van der Waals surface area (Å²) in [7, 11) is 0. The van der Waals surface area contributed by atoms with E-state index >= 15 is 0 Å².